The number of ether oxygens (including phenoxy) is 1. The van der Waals surface area contributed by atoms with Crippen molar-refractivity contribution in [3.63, 3.8) is 0 Å². The Kier molecular flexibility index (Phi) is 4.01. The van der Waals surface area contributed by atoms with Gasteiger partial charge in [0.25, 0.3) is 5.91 Å². The molecule has 1 atom stereocenters. The van der Waals surface area contributed by atoms with E-state index in [-0.39, 0.29) is 5.69 Å². The van der Waals surface area contributed by atoms with Gasteiger partial charge < -0.3 is 15.5 Å². The SMILES string of the molecule is NC(=O)C(OC(=O)c1cc(Br)c[nH]1)c1ccccc1. The Morgan fingerprint density at radius 1 is 1.26 bits per heavy atom. The standard InChI is InChI=1S/C13H11BrN2O3/c14-9-6-10(16-7-9)13(18)19-11(12(15)17)8-4-2-1-3-5-8/h1-7,11,16H,(H2,15,17). The minimum Gasteiger partial charge on any atom is -0.443 e. The van der Waals surface area contributed by atoms with Crippen LogP contribution in [0.3, 0.4) is 0 Å². The summed E-state index contributed by atoms with van der Waals surface area (Å²) in [5.41, 5.74) is 6.05. The van der Waals surface area contributed by atoms with Crippen molar-refractivity contribution in [1.29, 1.82) is 0 Å². The molecule has 1 amide bonds. The average Bonchev–Trinajstić information content (AvgIpc) is 2.83. The number of carbonyl (C=O) groups excluding carboxylic acids is 2. The van der Waals surface area contributed by atoms with Crippen molar-refractivity contribution in [3.8, 4) is 0 Å². The molecule has 19 heavy (non-hydrogen) atoms. The van der Waals surface area contributed by atoms with Crippen molar-refractivity contribution in [1.82, 2.24) is 4.98 Å². The Hall–Kier alpha value is -2.08. The van der Waals surface area contributed by atoms with Crippen LogP contribution in [-0.4, -0.2) is 16.9 Å². The molecule has 0 fully saturated rings. The van der Waals surface area contributed by atoms with E-state index in [1.54, 1.807) is 42.6 Å². The van der Waals surface area contributed by atoms with Gasteiger partial charge in [0.1, 0.15) is 5.69 Å². The quantitative estimate of drug-likeness (QED) is 0.846. The molecule has 0 saturated carbocycles. The smallest absolute Gasteiger partial charge is 0.355 e. The third kappa shape index (κ3) is 3.23. The topological polar surface area (TPSA) is 85.2 Å². The van der Waals surface area contributed by atoms with Crippen LogP contribution < -0.4 is 5.73 Å². The molecule has 0 saturated heterocycles. The number of carbonyl (C=O) groups is 2. The molecule has 1 aromatic heterocycles. The van der Waals surface area contributed by atoms with Crippen molar-refractivity contribution in [2.24, 2.45) is 5.73 Å². The molecule has 0 aliphatic carbocycles. The highest BCUT2D eigenvalue weighted by atomic mass is 79.9. The van der Waals surface area contributed by atoms with Crippen LogP contribution in [0.15, 0.2) is 47.1 Å². The molecule has 6 heteroatoms. The average molecular weight is 323 g/mol. The van der Waals surface area contributed by atoms with E-state index in [0.29, 0.717) is 5.56 Å². The summed E-state index contributed by atoms with van der Waals surface area (Å²) < 4.78 is 5.85. The molecule has 1 unspecified atom stereocenters. The van der Waals surface area contributed by atoms with Gasteiger partial charge >= 0.3 is 5.97 Å². The highest BCUT2D eigenvalue weighted by Crippen LogP contribution is 2.19. The van der Waals surface area contributed by atoms with Crippen molar-refractivity contribution >= 4 is 27.8 Å². The molecule has 1 aromatic carbocycles. The first-order valence-electron chi connectivity index (χ1n) is 5.47. The van der Waals surface area contributed by atoms with Gasteiger partial charge in [-0.1, -0.05) is 30.3 Å². The lowest BCUT2D eigenvalue weighted by atomic mass is 10.1. The number of aromatic amines is 1. The molecule has 1 heterocycles. The van der Waals surface area contributed by atoms with Crippen LogP contribution in [0.5, 0.6) is 0 Å². The molecule has 3 N–H and O–H groups in total. The number of hydrogen-bond acceptors (Lipinski definition) is 3. The molecule has 2 aromatic rings. The molecule has 2 rings (SSSR count). The zero-order valence-electron chi connectivity index (χ0n) is 9.80. The molecular formula is C13H11BrN2O3. The number of primary amides is 1. The van der Waals surface area contributed by atoms with Crippen LogP contribution in [0.2, 0.25) is 0 Å². The molecule has 5 nitrogen and oxygen atoms in total. The first-order valence-corrected chi connectivity index (χ1v) is 6.26. The lowest BCUT2D eigenvalue weighted by Gasteiger charge is -2.14. The fourth-order valence-corrected chi connectivity index (χ4v) is 1.92. The van der Waals surface area contributed by atoms with Gasteiger partial charge in [0, 0.05) is 16.2 Å². The summed E-state index contributed by atoms with van der Waals surface area (Å²) in [4.78, 5) is 26.0. The summed E-state index contributed by atoms with van der Waals surface area (Å²) >= 11 is 3.21. The highest BCUT2D eigenvalue weighted by molar-refractivity contribution is 9.10. The second-order valence-corrected chi connectivity index (χ2v) is 4.75. The number of amides is 1. The van der Waals surface area contributed by atoms with Gasteiger partial charge in [-0.25, -0.2) is 4.79 Å². The van der Waals surface area contributed by atoms with Gasteiger partial charge in [-0.2, -0.15) is 0 Å². The predicted molar refractivity (Wildman–Crippen MR) is 72.3 cm³/mol. The zero-order valence-corrected chi connectivity index (χ0v) is 11.4. The lowest BCUT2D eigenvalue weighted by molar-refractivity contribution is -0.127. The molecule has 0 spiro atoms. The van der Waals surface area contributed by atoms with Crippen LogP contribution in [-0.2, 0) is 9.53 Å². The molecule has 0 bridgehead atoms. The van der Waals surface area contributed by atoms with Gasteiger partial charge in [0.15, 0.2) is 0 Å². The summed E-state index contributed by atoms with van der Waals surface area (Å²) in [6.45, 7) is 0. The van der Waals surface area contributed by atoms with Gasteiger partial charge in [0.05, 0.1) is 0 Å². The van der Waals surface area contributed by atoms with E-state index in [1.807, 2.05) is 0 Å². The van der Waals surface area contributed by atoms with Gasteiger partial charge in [-0.3, -0.25) is 4.79 Å². The number of esters is 1. The number of nitrogens with one attached hydrogen (secondary N) is 1. The summed E-state index contributed by atoms with van der Waals surface area (Å²) in [5.74, 6) is -1.36. The summed E-state index contributed by atoms with van der Waals surface area (Å²) in [7, 11) is 0. The van der Waals surface area contributed by atoms with Crippen LogP contribution in [0.1, 0.15) is 22.2 Å². The lowest BCUT2D eigenvalue weighted by Crippen LogP contribution is -2.26. The van der Waals surface area contributed by atoms with Crippen molar-refractivity contribution in [2.75, 3.05) is 0 Å². The second-order valence-electron chi connectivity index (χ2n) is 3.83. The number of aromatic nitrogens is 1. The number of halogens is 1. The van der Waals surface area contributed by atoms with Crippen LogP contribution in [0, 0.1) is 0 Å². The molecule has 98 valence electrons. The van der Waals surface area contributed by atoms with Gasteiger partial charge in [0.2, 0.25) is 6.10 Å². The van der Waals surface area contributed by atoms with Crippen molar-refractivity contribution in [3.05, 3.63) is 58.3 Å². The molecule has 0 aliphatic rings. The maximum absolute atomic E-state index is 11.9. The summed E-state index contributed by atoms with van der Waals surface area (Å²) in [6, 6.07) is 10.2. The fourth-order valence-electron chi connectivity index (χ4n) is 1.57. The van der Waals surface area contributed by atoms with Crippen LogP contribution >= 0.6 is 15.9 Å². The number of nitrogens with two attached hydrogens (primary N) is 1. The Morgan fingerprint density at radius 2 is 1.95 bits per heavy atom. The number of hydrogen-bond donors (Lipinski definition) is 2. The fraction of sp³-hybridized carbons (Fsp3) is 0.0769. The third-order valence-electron chi connectivity index (χ3n) is 2.45. The van der Waals surface area contributed by atoms with E-state index in [2.05, 4.69) is 20.9 Å². The number of benzene rings is 1. The van der Waals surface area contributed by atoms with E-state index in [9.17, 15) is 9.59 Å². The monoisotopic (exact) mass is 322 g/mol. The van der Waals surface area contributed by atoms with E-state index in [1.165, 1.54) is 0 Å². The van der Waals surface area contributed by atoms with E-state index in [0.717, 1.165) is 4.47 Å². The third-order valence-corrected chi connectivity index (χ3v) is 2.91. The minimum atomic E-state index is -1.10. The predicted octanol–water partition coefficient (Wildman–Crippen LogP) is 2.16. The van der Waals surface area contributed by atoms with Gasteiger partial charge in [-0.05, 0) is 22.0 Å². The van der Waals surface area contributed by atoms with E-state index in [4.69, 9.17) is 10.5 Å². The maximum atomic E-state index is 11.9. The van der Waals surface area contributed by atoms with Gasteiger partial charge in [-0.15, -0.1) is 0 Å². The highest BCUT2D eigenvalue weighted by Gasteiger charge is 2.23. The molecule has 0 aliphatic heterocycles. The largest absolute Gasteiger partial charge is 0.443 e. The van der Waals surface area contributed by atoms with Crippen molar-refractivity contribution in [2.45, 2.75) is 6.10 Å². The van der Waals surface area contributed by atoms with Crippen LogP contribution in [0.4, 0.5) is 0 Å². The Balaban J connectivity index is 2.18. The Labute approximate surface area is 117 Å². The molecular weight excluding hydrogens is 312 g/mol. The van der Waals surface area contributed by atoms with E-state index < -0.39 is 18.0 Å². The van der Waals surface area contributed by atoms with Crippen LogP contribution in [0.25, 0.3) is 0 Å². The molecule has 0 radical (unpaired) electrons. The van der Waals surface area contributed by atoms with Crippen molar-refractivity contribution < 1.29 is 14.3 Å². The second kappa shape index (κ2) is 5.71. The summed E-state index contributed by atoms with van der Waals surface area (Å²) in [6.07, 6.45) is 0.494. The van der Waals surface area contributed by atoms with E-state index >= 15 is 0 Å². The summed E-state index contributed by atoms with van der Waals surface area (Å²) in [5, 5.41) is 0. The first-order chi connectivity index (χ1) is 9.08. The Morgan fingerprint density at radius 3 is 2.47 bits per heavy atom. The maximum Gasteiger partial charge on any atom is 0.355 e. The first kappa shape index (κ1) is 13.4. The normalized spacial score (nSPS) is 11.8. The zero-order chi connectivity index (χ0) is 13.8. The minimum absolute atomic E-state index is 0.244. The number of H-pyrrole nitrogens is 1. The Bertz CT molecular complexity index is 595. The number of rotatable bonds is 4.